The van der Waals surface area contributed by atoms with Gasteiger partial charge in [0, 0.05) is 30.8 Å². The Labute approximate surface area is 172 Å². The summed E-state index contributed by atoms with van der Waals surface area (Å²) in [6.45, 7) is 1.43. The summed E-state index contributed by atoms with van der Waals surface area (Å²) in [5.74, 6) is 0.807. The highest BCUT2D eigenvalue weighted by molar-refractivity contribution is 7.22. The minimum Gasteiger partial charge on any atom is -0.493 e. The van der Waals surface area contributed by atoms with Gasteiger partial charge < -0.3 is 19.7 Å². The zero-order chi connectivity index (χ0) is 20.4. The molecular formula is C21H22FN3O3S. The van der Waals surface area contributed by atoms with Crippen molar-refractivity contribution >= 4 is 38.3 Å². The monoisotopic (exact) mass is 415 g/mol. The lowest BCUT2D eigenvalue weighted by molar-refractivity contribution is -0.120. The van der Waals surface area contributed by atoms with E-state index in [-0.39, 0.29) is 17.6 Å². The first kappa shape index (κ1) is 19.4. The first-order chi connectivity index (χ1) is 14.1. The average Bonchev–Trinajstić information content (AvgIpc) is 3.19. The van der Waals surface area contributed by atoms with Crippen molar-refractivity contribution in [3.8, 4) is 11.5 Å². The van der Waals surface area contributed by atoms with Crippen LogP contribution in [0.25, 0.3) is 10.2 Å². The van der Waals surface area contributed by atoms with Crippen molar-refractivity contribution in [1.82, 2.24) is 4.98 Å². The zero-order valence-electron chi connectivity index (χ0n) is 16.3. The van der Waals surface area contributed by atoms with Crippen molar-refractivity contribution in [2.45, 2.75) is 12.8 Å². The van der Waals surface area contributed by atoms with Crippen LogP contribution >= 0.6 is 11.3 Å². The third-order valence-corrected chi connectivity index (χ3v) is 6.23. The molecule has 4 rings (SSSR count). The molecule has 1 aliphatic heterocycles. The number of nitrogens with zero attached hydrogens (tertiary/aromatic N) is 2. The van der Waals surface area contributed by atoms with E-state index >= 15 is 0 Å². The van der Waals surface area contributed by atoms with Crippen LogP contribution in [-0.2, 0) is 4.79 Å². The standard InChI is InChI=1S/C21H22FN3O3S/c1-27-16-7-6-14(12-17(16)28-2)23-20(26)13-8-10-25(11-9-13)21-24-19-15(22)4-3-5-18(19)29-21/h3-7,12-13H,8-11H2,1-2H3,(H,23,26). The number of amides is 1. The molecule has 2 heterocycles. The van der Waals surface area contributed by atoms with Gasteiger partial charge in [-0.3, -0.25) is 4.79 Å². The Balaban J connectivity index is 1.38. The first-order valence-electron chi connectivity index (χ1n) is 9.42. The number of anilines is 2. The van der Waals surface area contributed by atoms with E-state index in [0.717, 1.165) is 22.7 Å². The summed E-state index contributed by atoms with van der Waals surface area (Å²) >= 11 is 1.49. The van der Waals surface area contributed by atoms with E-state index in [1.165, 1.54) is 17.4 Å². The van der Waals surface area contributed by atoms with Crippen molar-refractivity contribution in [3.05, 3.63) is 42.2 Å². The van der Waals surface area contributed by atoms with Crippen LogP contribution in [0.15, 0.2) is 36.4 Å². The van der Waals surface area contributed by atoms with Crippen molar-refractivity contribution in [3.63, 3.8) is 0 Å². The zero-order valence-corrected chi connectivity index (χ0v) is 17.1. The highest BCUT2D eigenvalue weighted by Crippen LogP contribution is 2.33. The second-order valence-electron chi connectivity index (χ2n) is 6.90. The van der Waals surface area contributed by atoms with Gasteiger partial charge in [-0.2, -0.15) is 0 Å². The number of rotatable bonds is 5. The fourth-order valence-electron chi connectivity index (χ4n) is 3.53. The number of ether oxygens (including phenoxy) is 2. The normalized spacial score (nSPS) is 14.8. The maximum absolute atomic E-state index is 13.9. The van der Waals surface area contributed by atoms with E-state index in [4.69, 9.17) is 9.47 Å². The molecule has 0 bridgehead atoms. The van der Waals surface area contributed by atoms with Crippen LogP contribution in [-0.4, -0.2) is 38.2 Å². The largest absolute Gasteiger partial charge is 0.493 e. The summed E-state index contributed by atoms with van der Waals surface area (Å²) in [6, 6.07) is 10.3. The van der Waals surface area contributed by atoms with E-state index in [1.807, 2.05) is 6.07 Å². The van der Waals surface area contributed by atoms with Gasteiger partial charge in [-0.25, -0.2) is 9.37 Å². The Morgan fingerprint density at radius 3 is 2.62 bits per heavy atom. The third kappa shape index (κ3) is 3.98. The van der Waals surface area contributed by atoms with Gasteiger partial charge in [-0.1, -0.05) is 17.4 Å². The van der Waals surface area contributed by atoms with Gasteiger partial charge in [-0.05, 0) is 37.1 Å². The molecule has 0 spiro atoms. The number of hydrogen-bond acceptors (Lipinski definition) is 6. The van der Waals surface area contributed by atoms with Crippen molar-refractivity contribution in [2.24, 2.45) is 5.92 Å². The van der Waals surface area contributed by atoms with Crippen LogP contribution in [0.3, 0.4) is 0 Å². The van der Waals surface area contributed by atoms with Crippen LogP contribution < -0.4 is 19.7 Å². The van der Waals surface area contributed by atoms with Crippen LogP contribution in [0.1, 0.15) is 12.8 Å². The second kappa shape index (κ2) is 8.24. The summed E-state index contributed by atoms with van der Waals surface area (Å²) in [4.78, 5) is 19.3. The molecular weight excluding hydrogens is 393 g/mol. The first-order valence-corrected chi connectivity index (χ1v) is 10.2. The Morgan fingerprint density at radius 1 is 1.17 bits per heavy atom. The quantitative estimate of drug-likeness (QED) is 0.673. The molecule has 6 nitrogen and oxygen atoms in total. The number of piperidine rings is 1. The Morgan fingerprint density at radius 2 is 1.93 bits per heavy atom. The molecule has 1 amide bonds. The average molecular weight is 415 g/mol. The lowest BCUT2D eigenvalue weighted by Crippen LogP contribution is -2.38. The molecule has 0 atom stereocenters. The topological polar surface area (TPSA) is 63.7 Å². The summed E-state index contributed by atoms with van der Waals surface area (Å²) < 4.78 is 25.2. The SMILES string of the molecule is COc1ccc(NC(=O)C2CCN(c3nc4c(F)cccc4s3)CC2)cc1OC. The molecule has 0 saturated carbocycles. The second-order valence-corrected chi connectivity index (χ2v) is 7.91. The van der Waals surface area contributed by atoms with Crippen LogP contribution in [0, 0.1) is 11.7 Å². The molecule has 152 valence electrons. The smallest absolute Gasteiger partial charge is 0.227 e. The molecule has 29 heavy (non-hydrogen) atoms. The third-order valence-electron chi connectivity index (χ3n) is 5.15. The molecule has 0 aliphatic carbocycles. The lowest BCUT2D eigenvalue weighted by Gasteiger charge is -2.31. The van der Waals surface area contributed by atoms with Crippen molar-refractivity contribution in [1.29, 1.82) is 0 Å². The molecule has 8 heteroatoms. The minimum atomic E-state index is -0.297. The number of nitrogens with one attached hydrogen (secondary N) is 1. The van der Waals surface area contributed by atoms with Gasteiger partial charge in [-0.15, -0.1) is 0 Å². The highest BCUT2D eigenvalue weighted by Gasteiger charge is 2.27. The number of carbonyl (C=O) groups excluding carboxylic acids is 1. The number of benzene rings is 2. The number of hydrogen-bond donors (Lipinski definition) is 1. The van der Waals surface area contributed by atoms with Crippen LogP contribution in [0.5, 0.6) is 11.5 Å². The fourth-order valence-corrected chi connectivity index (χ4v) is 4.56. The maximum Gasteiger partial charge on any atom is 0.227 e. The van der Waals surface area contributed by atoms with E-state index in [9.17, 15) is 9.18 Å². The number of fused-ring (bicyclic) bond motifs is 1. The number of thiazole rings is 1. The van der Waals surface area contributed by atoms with E-state index < -0.39 is 0 Å². The molecule has 1 aromatic heterocycles. The van der Waals surface area contributed by atoms with E-state index in [1.54, 1.807) is 38.5 Å². The molecule has 1 N–H and O–H groups in total. The predicted molar refractivity (Wildman–Crippen MR) is 113 cm³/mol. The van der Waals surface area contributed by atoms with Crippen LogP contribution in [0.2, 0.25) is 0 Å². The highest BCUT2D eigenvalue weighted by atomic mass is 32.1. The molecule has 1 aliphatic rings. The minimum absolute atomic E-state index is 0.00721. The molecule has 2 aromatic carbocycles. The van der Waals surface area contributed by atoms with Gasteiger partial charge in [0.15, 0.2) is 16.6 Å². The number of carbonyl (C=O) groups is 1. The molecule has 1 saturated heterocycles. The number of aromatic nitrogens is 1. The van der Waals surface area contributed by atoms with Gasteiger partial charge >= 0.3 is 0 Å². The lowest BCUT2D eigenvalue weighted by atomic mass is 9.96. The molecule has 0 radical (unpaired) electrons. The molecule has 3 aromatic rings. The van der Waals surface area contributed by atoms with E-state index in [2.05, 4.69) is 15.2 Å². The summed E-state index contributed by atoms with van der Waals surface area (Å²) in [5, 5.41) is 3.77. The van der Waals surface area contributed by atoms with E-state index in [0.29, 0.717) is 35.8 Å². The summed E-state index contributed by atoms with van der Waals surface area (Å²) in [5.41, 5.74) is 1.09. The van der Waals surface area contributed by atoms with Gasteiger partial charge in [0.2, 0.25) is 5.91 Å². The Hall–Kier alpha value is -2.87. The van der Waals surface area contributed by atoms with Gasteiger partial charge in [0.25, 0.3) is 0 Å². The van der Waals surface area contributed by atoms with Gasteiger partial charge in [0.1, 0.15) is 11.3 Å². The summed E-state index contributed by atoms with van der Waals surface area (Å²) in [6.07, 6.45) is 1.44. The predicted octanol–water partition coefficient (Wildman–Crippen LogP) is 4.31. The number of methoxy groups -OCH3 is 2. The Kier molecular flexibility index (Phi) is 5.53. The number of para-hydroxylation sites is 1. The molecule has 0 unspecified atom stereocenters. The van der Waals surface area contributed by atoms with Crippen molar-refractivity contribution < 1.29 is 18.7 Å². The summed E-state index contributed by atoms with van der Waals surface area (Å²) in [7, 11) is 3.14. The van der Waals surface area contributed by atoms with Gasteiger partial charge in [0.05, 0.1) is 18.9 Å². The Bertz CT molecular complexity index is 1030. The van der Waals surface area contributed by atoms with Crippen LogP contribution in [0.4, 0.5) is 15.2 Å². The fraction of sp³-hybridized carbons (Fsp3) is 0.333. The number of halogens is 1. The maximum atomic E-state index is 13.9. The van der Waals surface area contributed by atoms with Crippen molar-refractivity contribution in [2.75, 3.05) is 37.5 Å². The molecule has 1 fully saturated rings.